The topological polar surface area (TPSA) is 139 Å². The molecule has 2 aliphatic heterocycles. The average Bonchev–Trinajstić information content (AvgIpc) is 3.28. The van der Waals surface area contributed by atoms with Crippen molar-refractivity contribution >= 4 is 41.1 Å². The van der Waals surface area contributed by atoms with Crippen LogP contribution in [0.3, 0.4) is 0 Å². The number of halogens is 2. The molecule has 6 aromatic rings. The molecule has 5 aromatic carbocycles. The molecule has 0 aliphatic carbocycles. The van der Waals surface area contributed by atoms with E-state index in [1.165, 1.54) is 4.90 Å². The molecule has 0 radical (unpaired) electrons. The molecule has 8 rings (SSSR count). The van der Waals surface area contributed by atoms with E-state index in [9.17, 15) is 19.5 Å². The normalized spacial score (nSPS) is 16.3. The lowest BCUT2D eigenvalue weighted by Gasteiger charge is -2.38. The average molecular weight is 886 g/mol. The second kappa shape index (κ2) is 18.8. The van der Waals surface area contributed by atoms with Crippen molar-refractivity contribution < 1.29 is 33.7 Å². The van der Waals surface area contributed by atoms with Crippen LogP contribution < -0.4 is 24.8 Å². The number of nitrogens with zero attached hydrogens (tertiary/aromatic N) is 2. The first kappa shape index (κ1) is 43.1. The Kier molecular flexibility index (Phi) is 12.9. The maximum Gasteiger partial charge on any atom is 0.326 e. The SMILES string of the molecule is Cc1nccc(-c2ccc(C[C@H](NC(=O)[C@@H]3Cc4cc5c(cc4CN3C(=O)N[C@H](C)c3ccccc3)O[C@@H](c3ccc(OCc4cc(Cl)cc(Cl)c4)cc3)CO5)C(=O)O)cc2)c1C. The Morgan fingerprint density at radius 2 is 1.57 bits per heavy atom. The van der Waals surface area contributed by atoms with E-state index in [1.807, 2.05) is 118 Å². The van der Waals surface area contributed by atoms with E-state index in [0.29, 0.717) is 33.9 Å². The highest BCUT2D eigenvalue weighted by Crippen LogP contribution is 2.41. The van der Waals surface area contributed by atoms with Gasteiger partial charge in [0, 0.05) is 41.3 Å². The van der Waals surface area contributed by atoms with Crippen LogP contribution in [0.4, 0.5) is 4.79 Å². The quantitative estimate of drug-likeness (QED) is 0.110. The van der Waals surface area contributed by atoms with Gasteiger partial charge in [0.05, 0.1) is 6.04 Å². The summed E-state index contributed by atoms with van der Waals surface area (Å²) in [5, 5.41) is 17.2. The van der Waals surface area contributed by atoms with Gasteiger partial charge in [-0.2, -0.15) is 0 Å². The second-order valence-corrected chi connectivity index (χ2v) is 16.8. The number of carboxylic acid groups (broad SMARTS) is 1. The van der Waals surface area contributed by atoms with Crippen LogP contribution >= 0.6 is 23.2 Å². The molecular formula is C50H46Cl2N4O7. The van der Waals surface area contributed by atoms with Gasteiger partial charge in [-0.3, -0.25) is 9.78 Å². The van der Waals surface area contributed by atoms with Crippen molar-refractivity contribution in [1.29, 1.82) is 0 Å². The van der Waals surface area contributed by atoms with Gasteiger partial charge in [-0.25, -0.2) is 9.59 Å². The fourth-order valence-electron chi connectivity index (χ4n) is 7.97. The summed E-state index contributed by atoms with van der Waals surface area (Å²) >= 11 is 12.3. The molecule has 63 heavy (non-hydrogen) atoms. The monoisotopic (exact) mass is 884 g/mol. The van der Waals surface area contributed by atoms with E-state index in [4.69, 9.17) is 37.4 Å². The van der Waals surface area contributed by atoms with E-state index in [2.05, 4.69) is 15.6 Å². The van der Waals surface area contributed by atoms with Gasteiger partial charge >= 0.3 is 12.0 Å². The second-order valence-electron chi connectivity index (χ2n) is 15.9. The van der Waals surface area contributed by atoms with E-state index >= 15 is 0 Å². The van der Waals surface area contributed by atoms with Crippen molar-refractivity contribution in [3.05, 3.63) is 176 Å². The number of amides is 3. The molecule has 322 valence electrons. The van der Waals surface area contributed by atoms with Crippen LogP contribution in [0.5, 0.6) is 17.2 Å². The minimum absolute atomic E-state index is 0.0458. The maximum atomic E-state index is 14.3. The van der Waals surface area contributed by atoms with Crippen LogP contribution in [0.2, 0.25) is 10.0 Å². The Morgan fingerprint density at radius 3 is 2.29 bits per heavy atom. The van der Waals surface area contributed by atoms with Crippen molar-refractivity contribution in [2.75, 3.05) is 6.61 Å². The van der Waals surface area contributed by atoms with Crippen molar-refractivity contribution in [1.82, 2.24) is 20.5 Å². The summed E-state index contributed by atoms with van der Waals surface area (Å²) in [6.07, 6.45) is 1.52. The number of carboxylic acids is 1. The summed E-state index contributed by atoms with van der Waals surface area (Å²) in [5.74, 6) is -0.0693. The lowest BCUT2D eigenvalue weighted by Crippen LogP contribution is -2.57. The largest absolute Gasteiger partial charge is 0.489 e. The number of nitrogens with one attached hydrogen (secondary N) is 2. The van der Waals surface area contributed by atoms with E-state index in [-0.39, 0.29) is 32.0 Å². The van der Waals surface area contributed by atoms with Crippen LogP contribution in [0, 0.1) is 13.8 Å². The van der Waals surface area contributed by atoms with E-state index in [1.54, 1.807) is 24.4 Å². The molecule has 11 nitrogen and oxygen atoms in total. The number of hydrogen-bond acceptors (Lipinski definition) is 7. The molecule has 3 N–H and O–H groups in total. The first-order valence-corrected chi connectivity index (χ1v) is 21.4. The maximum absolute atomic E-state index is 14.3. The molecule has 0 unspecified atom stereocenters. The molecule has 3 heterocycles. The molecule has 0 saturated heterocycles. The minimum Gasteiger partial charge on any atom is -0.489 e. The Hall–Kier alpha value is -6.56. The number of carbonyl (C=O) groups is 3. The number of aryl methyl sites for hydroxylation is 1. The number of benzene rings is 5. The van der Waals surface area contributed by atoms with Gasteiger partial charge in [0.15, 0.2) is 17.6 Å². The minimum atomic E-state index is -1.25. The van der Waals surface area contributed by atoms with Crippen LogP contribution in [-0.2, 0) is 35.6 Å². The predicted molar refractivity (Wildman–Crippen MR) is 241 cm³/mol. The zero-order valence-electron chi connectivity index (χ0n) is 34.9. The summed E-state index contributed by atoms with van der Waals surface area (Å²) in [6.45, 7) is 6.46. The van der Waals surface area contributed by atoms with Crippen molar-refractivity contribution in [2.24, 2.45) is 0 Å². The van der Waals surface area contributed by atoms with Gasteiger partial charge in [-0.15, -0.1) is 0 Å². The third-order valence-corrected chi connectivity index (χ3v) is 12.1. The Labute approximate surface area is 375 Å². The van der Waals surface area contributed by atoms with Crippen LogP contribution in [0.15, 0.2) is 121 Å². The lowest BCUT2D eigenvalue weighted by molar-refractivity contribution is -0.142. The van der Waals surface area contributed by atoms with Crippen LogP contribution in [-0.4, -0.2) is 51.6 Å². The van der Waals surface area contributed by atoms with Gasteiger partial charge < -0.3 is 34.9 Å². The number of aromatic nitrogens is 1. The van der Waals surface area contributed by atoms with Gasteiger partial charge in [0.25, 0.3) is 0 Å². The fraction of sp³-hybridized carbons (Fsp3) is 0.240. The Balaban J connectivity index is 0.988. The molecule has 2 aliphatic rings. The number of aliphatic carboxylic acids is 1. The van der Waals surface area contributed by atoms with E-state index < -0.39 is 36.1 Å². The van der Waals surface area contributed by atoms with E-state index in [0.717, 1.165) is 55.8 Å². The zero-order chi connectivity index (χ0) is 44.2. The molecule has 4 atom stereocenters. The smallest absolute Gasteiger partial charge is 0.326 e. The summed E-state index contributed by atoms with van der Waals surface area (Å²) < 4.78 is 18.7. The number of rotatable bonds is 12. The van der Waals surface area contributed by atoms with Crippen molar-refractivity contribution in [2.45, 2.75) is 71.0 Å². The standard InChI is InChI=1S/C50H46Cl2N4O7/c1-29-30(2)53-18-17-42(29)35-11-9-32(10-12-35)21-43(49(58)59)55-48(57)44-22-37-23-45-46(24-38(37)26-56(44)50(60)54-31(3)34-7-5-4-6-8-34)63-47(28-62-45)36-13-15-41(16-14-36)61-27-33-19-39(51)25-40(52)20-33/h4-20,23-25,31,43-44,47H,21-22,26-28H2,1-3H3,(H,54,60)(H,55,57)(H,58,59)/t31-,43+,44+,47-/m1/s1. The fourth-order valence-corrected chi connectivity index (χ4v) is 8.54. The van der Waals surface area contributed by atoms with Gasteiger partial charge in [0.1, 0.15) is 31.0 Å². The number of fused-ring (bicyclic) bond motifs is 2. The number of ether oxygens (including phenoxy) is 3. The van der Waals surface area contributed by atoms with Crippen LogP contribution in [0.25, 0.3) is 11.1 Å². The first-order chi connectivity index (χ1) is 30.4. The predicted octanol–water partition coefficient (Wildman–Crippen LogP) is 9.77. The third-order valence-electron chi connectivity index (χ3n) is 11.6. The third kappa shape index (κ3) is 10.1. The number of urea groups is 1. The lowest BCUT2D eigenvalue weighted by atomic mass is 9.92. The first-order valence-electron chi connectivity index (χ1n) is 20.7. The zero-order valence-corrected chi connectivity index (χ0v) is 36.5. The molecule has 0 fully saturated rings. The number of hydrogen-bond donors (Lipinski definition) is 3. The highest BCUT2D eigenvalue weighted by atomic mass is 35.5. The molecule has 0 spiro atoms. The number of carbonyl (C=O) groups excluding carboxylic acids is 2. The van der Waals surface area contributed by atoms with Crippen LogP contribution in [0.1, 0.15) is 63.7 Å². The summed E-state index contributed by atoms with van der Waals surface area (Å²) in [4.78, 5) is 46.9. The Morgan fingerprint density at radius 1 is 0.857 bits per heavy atom. The molecule has 0 saturated carbocycles. The molecular weight excluding hydrogens is 839 g/mol. The van der Waals surface area contributed by atoms with Crippen molar-refractivity contribution in [3.8, 4) is 28.4 Å². The van der Waals surface area contributed by atoms with Gasteiger partial charge in [-0.1, -0.05) is 89.9 Å². The van der Waals surface area contributed by atoms with Crippen molar-refractivity contribution in [3.63, 3.8) is 0 Å². The molecule has 3 amide bonds. The molecule has 13 heteroatoms. The molecule has 0 bridgehead atoms. The Bertz CT molecular complexity index is 2620. The summed E-state index contributed by atoms with van der Waals surface area (Å²) in [5.41, 5.74) is 8.97. The highest BCUT2D eigenvalue weighted by Gasteiger charge is 2.38. The van der Waals surface area contributed by atoms with Gasteiger partial charge in [-0.05, 0) is 119 Å². The van der Waals surface area contributed by atoms with Gasteiger partial charge in [0.2, 0.25) is 5.91 Å². The summed E-state index contributed by atoms with van der Waals surface area (Å²) in [7, 11) is 0. The number of pyridine rings is 1. The summed E-state index contributed by atoms with van der Waals surface area (Å²) in [6, 6.07) is 32.6. The molecule has 1 aromatic heterocycles. The highest BCUT2D eigenvalue weighted by molar-refractivity contribution is 6.34.